The SMILES string of the molecule is NC1CCC(C(=O)NCC2CCN(Cc3cccs3)CC2)C1. The molecule has 0 radical (unpaired) electrons. The lowest BCUT2D eigenvalue weighted by atomic mass is 9.96. The van der Waals surface area contributed by atoms with Crippen LogP contribution in [0.4, 0.5) is 0 Å². The van der Waals surface area contributed by atoms with Gasteiger partial charge in [-0.2, -0.15) is 0 Å². The van der Waals surface area contributed by atoms with Crippen molar-refractivity contribution in [2.75, 3.05) is 19.6 Å². The lowest BCUT2D eigenvalue weighted by Crippen LogP contribution is -2.39. The number of thiophene rings is 1. The topological polar surface area (TPSA) is 58.4 Å². The van der Waals surface area contributed by atoms with Crippen molar-refractivity contribution in [3.8, 4) is 0 Å². The average molecular weight is 321 g/mol. The number of piperidine rings is 1. The van der Waals surface area contributed by atoms with Crippen LogP contribution in [0.2, 0.25) is 0 Å². The summed E-state index contributed by atoms with van der Waals surface area (Å²) in [6, 6.07) is 4.57. The number of nitrogens with zero attached hydrogens (tertiary/aromatic N) is 1. The second kappa shape index (κ2) is 7.57. The lowest BCUT2D eigenvalue weighted by molar-refractivity contribution is -0.125. The van der Waals surface area contributed by atoms with E-state index in [2.05, 4.69) is 27.7 Å². The van der Waals surface area contributed by atoms with Gasteiger partial charge in [-0.15, -0.1) is 11.3 Å². The van der Waals surface area contributed by atoms with E-state index in [0.29, 0.717) is 5.92 Å². The Morgan fingerprint density at radius 2 is 2.14 bits per heavy atom. The van der Waals surface area contributed by atoms with Crippen molar-refractivity contribution in [1.29, 1.82) is 0 Å². The van der Waals surface area contributed by atoms with Gasteiger partial charge in [-0.05, 0) is 62.6 Å². The van der Waals surface area contributed by atoms with Gasteiger partial charge in [-0.25, -0.2) is 0 Å². The van der Waals surface area contributed by atoms with Crippen LogP contribution in [0.25, 0.3) is 0 Å². The first kappa shape index (κ1) is 16.0. The molecule has 2 unspecified atom stereocenters. The average Bonchev–Trinajstić information content (AvgIpc) is 3.18. The second-order valence-electron chi connectivity index (χ2n) is 6.81. The van der Waals surface area contributed by atoms with Crippen molar-refractivity contribution in [1.82, 2.24) is 10.2 Å². The molecule has 1 aromatic heterocycles. The first-order chi connectivity index (χ1) is 10.7. The molecule has 5 heteroatoms. The molecule has 0 bridgehead atoms. The largest absolute Gasteiger partial charge is 0.356 e. The molecule has 1 aliphatic carbocycles. The molecule has 2 heterocycles. The van der Waals surface area contributed by atoms with Gasteiger partial charge in [0.25, 0.3) is 0 Å². The van der Waals surface area contributed by atoms with Crippen LogP contribution in [0.1, 0.15) is 37.0 Å². The van der Waals surface area contributed by atoms with Gasteiger partial charge in [-0.3, -0.25) is 9.69 Å². The van der Waals surface area contributed by atoms with E-state index in [1.807, 2.05) is 11.3 Å². The lowest BCUT2D eigenvalue weighted by Gasteiger charge is -2.31. The molecule has 1 amide bonds. The molecule has 2 aliphatic rings. The minimum atomic E-state index is 0.161. The molecule has 22 heavy (non-hydrogen) atoms. The Labute approximate surface area is 137 Å². The Morgan fingerprint density at radius 3 is 2.77 bits per heavy atom. The third-order valence-corrected chi connectivity index (χ3v) is 5.94. The smallest absolute Gasteiger partial charge is 0.223 e. The van der Waals surface area contributed by atoms with E-state index < -0.39 is 0 Å². The zero-order valence-electron chi connectivity index (χ0n) is 13.2. The Hall–Kier alpha value is -0.910. The van der Waals surface area contributed by atoms with Gasteiger partial charge in [-0.1, -0.05) is 6.07 Å². The minimum Gasteiger partial charge on any atom is -0.356 e. The Kier molecular flexibility index (Phi) is 5.50. The molecule has 1 aliphatic heterocycles. The van der Waals surface area contributed by atoms with Crippen LogP contribution in [0, 0.1) is 11.8 Å². The number of amides is 1. The molecule has 1 saturated heterocycles. The van der Waals surface area contributed by atoms with E-state index in [4.69, 9.17) is 5.73 Å². The van der Waals surface area contributed by atoms with E-state index in [9.17, 15) is 4.79 Å². The van der Waals surface area contributed by atoms with Gasteiger partial charge in [0.15, 0.2) is 0 Å². The molecule has 3 N–H and O–H groups in total. The highest BCUT2D eigenvalue weighted by Gasteiger charge is 2.28. The number of likely N-dealkylation sites (tertiary alicyclic amines) is 1. The summed E-state index contributed by atoms with van der Waals surface area (Å²) in [4.78, 5) is 16.1. The maximum atomic E-state index is 12.1. The summed E-state index contributed by atoms with van der Waals surface area (Å²) in [5.74, 6) is 1.03. The Balaban J connectivity index is 1.34. The van der Waals surface area contributed by atoms with Crippen molar-refractivity contribution < 1.29 is 4.79 Å². The summed E-state index contributed by atoms with van der Waals surface area (Å²) in [7, 11) is 0. The molecule has 2 atom stereocenters. The van der Waals surface area contributed by atoms with E-state index in [0.717, 1.165) is 45.4 Å². The maximum Gasteiger partial charge on any atom is 0.223 e. The van der Waals surface area contributed by atoms with E-state index in [-0.39, 0.29) is 17.9 Å². The zero-order valence-corrected chi connectivity index (χ0v) is 14.0. The van der Waals surface area contributed by atoms with Crippen LogP contribution in [0.5, 0.6) is 0 Å². The van der Waals surface area contributed by atoms with Crippen LogP contribution in [-0.4, -0.2) is 36.5 Å². The predicted octanol–water partition coefficient (Wildman–Crippen LogP) is 2.20. The molecule has 0 spiro atoms. The van der Waals surface area contributed by atoms with Crippen LogP contribution in [0.15, 0.2) is 17.5 Å². The summed E-state index contributed by atoms with van der Waals surface area (Å²) in [6.07, 6.45) is 5.21. The first-order valence-corrected chi connectivity index (χ1v) is 9.36. The van der Waals surface area contributed by atoms with Crippen molar-refractivity contribution in [3.05, 3.63) is 22.4 Å². The third-order valence-electron chi connectivity index (χ3n) is 5.08. The van der Waals surface area contributed by atoms with Crippen molar-refractivity contribution >= 4 is 17.2 Å². The molecule has 4 nitrogen and oxygen atoms in total. The number of carbonyl (C=O) groups excluding carboxylic acids is 1. The highest BCUT2D eigenvalue weighted by Crippen LogP contribution is 2.25. The van der Waals surface area contributed by atoms with Gasteiger partial charge in [0.05, 0.1) is 0 Å². The molecular formula is C17H27N3OS. The summed E-state index contributed by atoms with van der Waals surface area (Å²) in [5.41, 5.74) is 5.89. The Bertz CT molecular complexity index is 468. The van der Waals surface area contributed by atoms with Crippen molar-refractivity contribution in [3.63, 3.8) is 0 Å². The second-order valence-corrected chi connectivity index (χ2v) is 7.85. The highest BCUT2D eigenvalue weighted by molar-refractivity contribution is 7.09. The molecule has 1 saturated carbocycles. The fourth-order valence-corrected chi connectivity index (χ4v) is 4.36. The molecule has 2 fully saturated rings. The van der Waals surface area contributed by atoms with Gasteiger partial charge in [0.2, 0.25) is 5.91 Å². The molecular weight excluding hydrogens is 294 g/mol. The monoisotopic (exact) mass is 321 g/mol. The molecule has 3 rings (SSSR count). The van der Waals surface area contributed by atoms with Gasteiger partial charge in [0, 0.05) is 29.9 Å². The minimum absolute atomic E-state index is 0.161. The molecule has 122 valence electrons. The van der Waals surface area contributed by atoms with Gasteiger partial charge in [0.1, 0.15) is 0 Å². The maximum absolute atomic E-state index is 12.1. The normalized spacial score (nSPS) is 27.1. The summed E-state index contributed by atoms with van der Waals surface area (Å²) in [6.45, 7) is 4.22. The number of nitrogens with two attached hydrogens (primary N) is 1. The summed E-state index contributed by atoms with van der Waals surface area (Å²) in [5, 5.41) is 5.31. The molecule has 0 aromatic carbocycles. The number of hydrogen-bond donors (Lipinski definition) is 2. The molecule has 1 aromatic rings. The first-order valence-electron chi connectivity index (χ1n) is 8.48. The van der Waals surface area contributed by atoms with E-state index in [1.54, 1.807) is 0 Å². The highest BCUT2D eigenvalue weighted by atomic mass is 32.1. The van der Waals surface area contributed by atoms with Crippen molar-refractivity contribution in [2.24, 2.45) is 17.6 Å². The summed E-state index contributed by atoms with van der Waals surface area (Å²) >= 11 is 1.84. The zero-order chi connectivity index (χ0) is 15.4. The quantitative estimate of drug-likeness (QED) is 0.874. The van der Waals surface area contributed by atoms with E-state index >= 15 is 0 Å². The fraction of sp³-hybridized carbons (Fsp3) is 0.706. The summed E-state index contributed by atoms with van der Waals surface area (Å²) < 4.78 is 0. The predicted molar refractivity (Wildman–Crippen MR) is 90.6 cm³/mol. The van der Waals surface area contributed by atoms with Crippen LogP contribution < -0.4 is 11.1 Å². The standard InChI is InChI=1S/C17H27N3OS/c18-15-4-3-14(10-15)17(21)19-11-13-5-7-20(8-6-13)12-16-2-1-9-22-16/h1-2,9,13-15H,3-8,10-12,18H2,(H,19,21). The third kappa shape index (κ3) is 4.31. The van der Waals surface area contributed by atoms with E-state index in [1.165, 1.54) is 17.7 Å². The van der Waals surface area contributed by atoms with Gasteiger partial charge >= 0.3 is 0 Å². The van der Waals surface area contributed by atoms with Crippen LogP contribution >= 0.6 is 11.3 Å². The number of hydrogen-bond acceptors (Lipinski definition) is 4. The van der Waals surface area contributed by atoms with Crippen LogP contribution in [-0.2, 0) is 11.3 Å². The Morgan fingerprint density at radius 1 is 1.32 bits per heavy atom. The fourth-order valence-electron chi connectivity index (χ4n) is 3.62. The number of carbonyl (C=O) groups is 1. The number of nitrogens with one attached hydrogen (secondary N) is 1. The van der Waals surface area contributed by atoms with Crippen molar-refractivity contribution in [2.45, 2.75) is 44.7 Å². The number of rotatable bonds is 5. The van der Waals surface area contributed by atoms with Crippen LogP contribution in [0.3, 0.4) is 0 Å². The van der Waals surface area contributed by atoms with Gasteiger partial charge < -0.3 is 11.1 Å².